The Labute approximate surface area is 102 Å². The number of hydrogen-bond acceptors (Lipinski definition) is 3. The van der Waals surface area contributed by atoms with Crippen molar-refractivity contribution < 1.29 is 8.42 Å². The molecule has 0 radical (unpaired) electrons. The van der Waals surface area contributed by atoms with E-state index in [4.69, 9.17) is 5.73 Å². The Hall–Kier alpha value is -1.07. The van der Waals surface area contributed by atoms with E-state index in [1.807, 2.05) is 6.92 Å². The molecular weight excluding hydrogens is 236 g/mol. The maximum atomic E-state index is 12.0. The fraction of sp³-hybridized carbons (Fsp3) is 0.500. The lowest BCUT2D eigenvalue weighted by Gasteiger charge is -2.08. The molecule has 17 heavy (non-hydrogen) atoms. The zero-order chi connectivity index (χ0) is 12.6. The van der Waals surface area contributed by atoms with E-state index in [1.165, 1.54) is 6.07 Å². The summed E-state index contributed by atoms with van der Waals surface area (Å²) in [5.74, 6) is 0.493. The van der Waals surface area contributed by atoms with Crippen molar-refractivity contribution >= 4 is 15.7 Å². The lowest BCUT2D eigenvalue weighted by Crippen LogP contribution is -2.27. The van der Waals surface area contributed by atoms with E-state index < -0.39 is 10.0 Å². The normalized spacial score (nSPS) is 23.6. The maximum Gasteiger partial charge on any atom is 0.240 e. The van der Waals surface area contributed by atoms with E-state index in [0.717, 1.165) is 18.4 Å². The van der Waals surface area contributed by atoms with Crippen LogP contribution in [0.5, 0.6) is 0 Å². The summed E-state index contributed by atoms with van der Waals surface area (Å²) in [4.78, 5) is 0.252. The largest absolute Gasteiger partial charge is 0.398 e. The highest BCUT2D eigenvalue weighted by Gasteiger charge is 2.38. The van der Waals surface area contributed by atoms with Gasteiger partial charge in [-0.05, 0) is 37.0 Å². The van der Waals surface area contributed by atoms with Gasteiger partial charge in [0.05, 0.1) is 4.90 Å². The van der Waals surface area contributed by atoms with Crippen molar-refractivity contribution in [1.82, 2.24) is 4.72 Å². The Kier molecular flexibility index (Phi) is 3.14. The van der Waals surface area contributed by atoms with E-state index in [1.54, 1.807) is 12.1 Å². The van der Waals surface area contributed by atoms with E-state index in [0.29, 0.717) is 11.6 Å². The molecule has 0 heterocycles. The molecule has 2 atom stereocenters. The van der Waals surface area contributed by atoms with Crippen molar-refractivity contribution in [2.24, 2.45) is 5.92 Å². The highest BCUT2D eigenvalue weighted by molar-refractivity contribution is 7.89. The lowest BCUT2D eigenvalue weighted by atomic mass is 10.2. The van der Waals surface area contributed by atoms with Gasteiger partial charge in [-0.3, -0.25) is 0 Å². The highest BCUT2D eigenvalue weighted by atomic mass is 32.2. The predicted molar refractivity (Wildman–Crippen MR) is 68.1 cm³/mol. The van der Waals surface area contributed by atoms with Crippen LogP contribution in [0.25, 0.3) is 0 Å². The number of aryl methyl sites for hydroxylation is 1. The average molecular weight is 254 g/mol. The third kappa shape index (κ3) is 2.61. The Morgan fingerprint density at radius 2 is 2.18 bits per heavy atom. The molecule has 5 heteroatoms. The summed E-state index contributed by atoms with van der Waals surface area (Å²) in [6.07, 6.45) is 1.96. The van der Waals surface area contributed by atoms with Crippen LogP contribution in [-0.2, 0) is 10.0 Å². The van der Waals surface area contributed by atoms with Crippen LogP contribution in [0.2, 0.25) is 0 Å². The second-order valence-electron chi connectivity index (χ2n) is 4.65. The number of sulfonamides is 1. The molecule has 0 aromatic heterocycles. The van der Waals surface area contributed by atoms with Crippen molar-refractivity contribution in [3.8, 4) is 0 Å². The number of nitrogens with one attached hydrogen (secondary N) is 1. The average Bonchev–Trinajstić information content (AvgIpc) is 2.99. The van der Waals surface area contributed by atoms with Crippen LogP contribution >= 0.6 is 0 Å². The van der Waals surface area contributed by atoms with Gasteiger partial charge in [0.2, 0.25) is 10.0 Å². The summed E-state index contributed by atoms with van der Waals surface area (Å²) in [7, 11) is -3.41. The van der Waals surface area contributed by atoms with Gasteiger partial charge in [-0.1, -0.05) is 19.4 Å². The molecule has 1 saturated carbocycles. The first kappa shape index (κ1) is 12.4. The molecule has 1 aliphatic rings. The molecule has 1 aliphatic carbocycles. The fourth-order valence-corrected chi connectivity index (χ4v) is 3.25. The Morgan fingerprint density at radius 3 is 2.71 bits per heavy atom. The molecule has 3 N–H and O–H groups in total. The Bertz CT molecular complexity index is 525. The highest BCUT2D eigenvalue weighted by Crippen LogP contribution is 2.34. The summed E-state index contributed by atoms with van der Waals surface area (Å²) in [6.45, 7) is 3.93. The van der Waals surface area contributed by atoms with Crippen molar-refractivity contribution in [2.45, 2.75) is 37.6 Å². The first-order chi connectivity index (χ1) is 7.94. The standard InChI is InChI=1S/C12H18N2O2S/c1-3-9-6-12(9)14-17(15,16)10-5-4-8(2)11(13)7-10/h4-5,7,9,12,14H,3,6,13H2,1-2H3. The number of anilines is 1. The summed E-state index contributed by atoms with van der Waals surface area (Å²) in [5, 5.41) is 0. The topological polar surface area (TPSA) is 72.2 Å². The third-order valence-electron chi connectivity index (χ3n) is 3.31. The minimum Gasteiger partial charge on any atom is -0.398 e. The first-order valence-electron chi connectivity index (χ1n) is 5.82. The van der Waals surface area contributed by atoms with Gasteiger partial charge in [0.15, 0.2) is 0 Å². The van der Waals surface area contributed by atoms with Crippen LogP contribution in [0.15, 0.2) is 23.1 Å². The van der Waals surface area contributed by atoms with Gasteiger partial charge in [-0.15, -0.1) is 0 Å². The van der Waals surface area contributed by atoms with Crippen LogP contribution in [-0.4, -0.2) is 14.5 Å². The van der Waals surface area contributed by atoms with E-state index >= 15 is 0 Å². The predicted octanol–water partition coefficient (Wildman–Crippen LogP) is 1.65. The quantitative estimate of drug-likeness (QED) is 0.803. The van der Waals surface area contributed by atoms with Crippen LogP contribution in [0.1, 0.15) is 25.3 Å². The van der Waals surface area contributed by atoms with Gasteiger partial charge in [0, 0.05) is 11.7 Å². The van der Waals surface area contributed by atoms with Gasteiger partial charge in [-0.2, -0.15) is 0 Å². The smallest absolute Gasteiger partial charge is 0.240 e. The first-order valence-corrected chi connectivity index (χ1v) is 7.31. The van der Waals surface area contributed by atoms with E-state index in [-0.39, 0.29) is 10.9 Å². The summed E-state index contributed by atoms with van der Waals surface area (Å²) in [6, 6.07) is 4.94. The maximum absolute atomic E-state index is 12.0. The number of nitrogens with two attached hydrogens (primary N) is 1. The molecular formula is C12H18N2O2S. The summed E-state index contributed by atoms with van der Waals surface area (Å²) in [5.41, 5.74) is 7.13. The molecule has 1 aromatic carbocycles. The van der Waals surface area contributed by atoms with Gasteiger partial charge < -0.3 is 5.73 Å². The summed E-state index contributed by atoms with van der Waals surface area (Å²) < 4.78 is 26.8. The minimum atomic E-state index is -3.41. The van der Waals surface area contributed by atoms with Gasteiger partial charge >= 0.3 is 0 Å². The van der Waals surface area contributed by atoms with Gasteiger partial charge in [0.25, 0.3) is 0 Å². The molecule has 0 spiro atoms. The van der Waals surface area contributed by atoms with Gasteiger partial charge in [-0.25, -0.2) is 13.1 Å². The van der Waals surface area contributed by atoms with Crippen molar-refractivity contribution in [3.05, 3.63) is 23.8 Å². The van der Waals surface area contributed by atoms with Crippen molar-refractivity contribution in [1.29, 1.82) is 0 Å². The molecule has 1 fully saturated rings. The lowest BCUT2D eigenvalue weighted by molar-refractivity contribution is 0.576. The third-order valence-corrected chi connectivity index (χ3v) is 4.80. The fourth-order valence-electron chi connectivity index (χ4n) is 1.90. The second-order valence-corrected chi connectivity index (χ2v) is 6.36. The van der Waals surface area contributed by atoms with Crippen molar-refractivity contribution in [2.75, 3.05) is 5.73 Å². The number of hydrogen-bond donors (Lipinski definition) is 2. The number of rotatable bonds is 4. The molecule has 0 bridgehead atoms. The molecule has 1 aromatic rings. The van der Waals surface area contributed by atoms with Crippen LogP contribution in [0.3, 0.4) is 0 Å². The molecule has 2 rings (SSSR count). The Morgan fingerprint density at radius 1 is 1.47 bits per heavy atom. The molecule has 2 unspecified atom stereocenters. The SMILES string of the molecule is CCC1CC1NS(=O)(=O)c1ccc(C)c(N)c1. The molecule has 0 aliphatic heterocycles. The zero-order valence-electron chi connectivity index (χ0n) is 10.1. The number of benzene rings is 1. The summed E-state index contributed by atoms with van der Waals surface area (Å²) >= 11 is 0. The second kappa shape index (κ2) is 4.31. The van der Waals surface area contributed by atoms with Crippen molar-refractivity contribution in [3.63, 3.8) is 0 Å². The molecule has 0 saturated heterocycles. The number of nitrogen functional groups attached to an aromatic ring is 1. The van der Waals surface area contributed by atoms with E-state index in [9.17, 15) is 8.42 Å². The Balaban J connectivity index is 2.17. The van der Waals surface area contributed by atoms with Crippen LogP contribution < -0.4 is 10.5 Å². The monoisotopic (exact) mass is 254 g/mol. The minimum absolute atomic E-state index is 0.104. The zero-order valence-corrected chi connectivity index (χ0v) is 10.9. The van der Waals surface area contributed by atoms with Crippen LogP contribution in [0.4, 0.5) is 5.69 Å². The molecule has 94 valence electrons. The van der Waals surface area contributed by atoms with E-state index in [2.05, 4.69) is 11.6 Å². The van der Waals surface area contributed by atoms with Gasteiger partial charge in [0.1, 0.15) is 0 Å². The molecule has 0 amide bonds. The van der Waals surface area contributed by atoms with Crippen LogP contribution in [0, 0.1) is 12.8 Å². The molecule has 4 nitrogen and oxygen atoms in total.